The summed E-state index contributed by atoms with van der Waals surface area (Å²) in [6, 6.07) is 9.81. The van der Waals surface area contributed by atoms with Crippen LogP contribution in [-0.2, 0) is 28.2 Å². The molecular weight excluding hydrogens is 514 g/mol. The molecule has 3 aromatic heterocycles. The van der Waals surface area contributed by atoms with Crippen LogP contribution in [0, 0.1) is 0 Å². The van der Waals surface area contributed by atoms with E-state index in [0.29, 0.717) is 30.1 Å². The monoisotopic (exact) mass is 549 g/mol. The van der Waals surface area contributed by atoms with E-state index in [4.69, 9.17) is 4.98 Å². The summed E-state index contributed by atoms with van der Waals surface area (Å²) >= 11 is 0. The van der Waals surface area contributed by atoms with Crippen molar-refractivity contribution in [2.45, 2.75) is 59.0 Å². The number of hydrogen-bond acceptors (Lipinski definition) is 8. The van der Waals surface area contributed by atoms with Gasteiger partial charge in [0.15, 0.2) is 15.5 Å². The Bertz CT molecular complexity index is 1720. The molecule has 0 unspecified atom stereocenters. The first-order chi connectivity index (χ1) is 18.3. The number of anilines is 2. The number of pyridine rings is 1. The first kappa shape index (κ1) is 27.0. The van der Waals surface area contributed by atoms with Crippen molar-refractivity contribution in [1.82, 2.24) is 29.2 Å². The van der Waals surface area contributed by atoms with E-state index >= 15 is 0 Å². The van der Waals surface area contributed by atoms with Crippen molar-refractivity contribution in [3.63, 3.8) is 0 Å². The molecule has 0 spiro atoms. The Balaban J connectivity index is 1.51. The number of aromatic nitrogens is 5. The van der Waals surface area contributed by atoms with Gasteiger partial charge in [0.2, 0.25) is 5.95 Å². The maximum Gasteiger partial charge on any atom is 0.278 e. The zero-order chi connectivity index (χ0) is 28.1. The zero-order valence-electron chi connectivity index (χ0n) is 23.3. The van der Waals surface area contributed by atoms with Gasteiger partial charge in [-0.1, -0.05) is 26.8 Å². The summed E-state index contributed by atoms with van der Waals surface area (Å²) in [4.78, 5) is 29.1. The van der Waals surface area contributed by atoms with Crippen LogP contribution in [0.4, 0.5) is 11.6 Å². The molecule has 4 aromatic rings. The number of nitrogens with one attached hydrogen (secondary N) is 1. The number of hydrogen-bond donors (Lipinski definition) is 1. The molecule has 0 bridgehead atoms. The summed E-state index contributed by atoms with van der Waals surface area (Å²) in [5.41, 5.74) is 5.06. The molecule has 0 amide bonds. The lowest BCUT2D eigenvalue weighted by Gasteiger charge is -2.28. The van der Waals surface area contributed by atoms with E-state index < -0.39 is 9.84 Å². The fourth-order valence-electron chi connectivity index (χ4n) is 5.00. The summed E-state index contributed by atoms with van der Waals surface area (Å²) in [7, 11) is -3.07. The van der Waals surface area contributed by atoms with Gasteiger partial charge in [-0.05, 0) is 55.7 Å². The molecule has 1 aliphatic heterocycles. The zero-order valence-corrected chi connectivity index (χ0v) is 24.1. The summed E-state index contributed by atoms with van der Waals surface area (Å²) in [6.07, 6.45) is 5.37. The SMILES string of the molecule is CC(C)n1c(=O)c2cnc(Nc3ccc4c(c3)CCN(CS(C)(=O)=O)C4)nc2n1-c1ccnc(C(C)(C)C)c1. The summed E-state index contributed by atoms with van der Waals surface area (Å²) in [5, 5.41) is 3.74. The molecule has 0 aliphatic carbocycles. The van der Waals surface area contributed by atoms with Crippen molar-refractivity contribution in [2.24, 2.45) is 0 Å². The maximum atomic E-state index is 13.4. The average molecular weight is 550 g/mol. The average Bonchev–Trinajstić information content (AvgIpc) is 3.14. The van der Waals surface area contributed by atoms with E-state index in [2.05, 4.69) is 42.1 Å². The van der Waals surface area contributed by atoms with Gasteiger partial charge in [0.05, 0.1) is 5.69 Å². The van der Waals surface area contributed by atoms with E-state index in [1.807, 2.05) is 47.7 Å². The Kier molecular flexibility index (Phi) is 6.84. The summed E-state index contributed by atoms with van der Waals surface area (Å²) in [5.74, 6) is 0.448. The number of nitrogens with zero attached hydrogens (tertiary/aromatic N) is 6. The van der Waals surface area contributed by atoms with Gasteiger partial charge >= 0.3 is 0 Å². The highest BCUT2D eigenvalue weighted by atomic mass is 32.2. The van der Waals surface area contributed by atoms with E-state index in [0.717, 1.165) is 29.1 Å². The second kappa shape index (κ2) is 9.87. The highest BCUT2D eigenvalue weighted by Crippen LogP contribution is 2.27. The second-order valence-electron chi connectivity index (χ2n) is 11.6. The lowest BCUT2D eigenvalue weighted by molar-refractivity contribution is 0.293. The van der Waals surface area contributed by atoms with Gasteiger partial charge in [-0.2, -0.15) is 4.98 Å². The fraction of sp³-hybridized carbons (Fsp3) is 0.429. The molecule has 11 heteroatoms. The highest BCUT2D eigenvalue weighted by Gasteiger charge is 2.23. The van der Waals surface area contributed by atoms with Crippen LogP contribution in [0.15, 0.2) is 47.5 Å². The van der Waals surface area contributed by atoms with Gasteiger partial charge in [0, 0.05) is 54.6 Å². The third-order valence-corrected chi connectivity index (χ3v) is 7.67. The third kappa shape index (κ3) is 5.60. The molecule has 0 atom stereocenters. The van der Waals surface area contributed by atoms with Crippen LogP contribution in [0.1, 0.15) is 57.5 Å². The molecule has 0 saturated heterocycles. The van der Waals surface area contributed by atoms with Gasteiger partial charge in [0.1, 0.15) is 11.3 Å². The molecule has 0 saturated carbocycles. The van der Waals surface area contributed by atoms with Gasteiger partial charge in [-0.25, -0.2) is 22.8 Å². The Morgan fingerprint density at radius 2 is 1.85 bits per heavy atom. The minimum atomic E-state index is -3.07. The molecule has 1 aliphatic rings. The molecule has 0 radical (unpaired) electrons. The van der Waals surface area contributed by atoms with Crippen molar-refractivity contribution < 1.29 is 8.42 Å². The van der Waals surface area contributed by atoms with Crippen LogP contribution < -0.4 is 10.9 Å². The van der Waals surface area contributed by atoms with Crippen molar-refractivity contribution in [1.29, 1.82) is 0 Å². The van der Waals surface area contributed by atoms with Gasteiger partial charge in [0.25, 0.3) is 5.56 Å². The summed E-state index contributed by atoms with van der Waals surface area (Å²) in [6.45, 7) is 11.5. The minimum Gasteiger partial charge on any atom is -0.324 e. The molecular formula is C28H35N7O3S. The molecule has 5 rings (SSSR count). The van der Waals surface area contributed by atoms with E-state index in [-0.39, 0.29) is 22.9 Å². The van der Waals surface area contributed by atoms with Crippen LogP contribution in [-0.4, -0.2) is 56.3 Å². The topological polar surface area (TPSA) is 115 Å². The third-order valence-electron chi connectivity index (χ3n) is 6.84. The molecule has 1 N–H and O–H groups in total. The molecule has 0 fully saturated rings. The second-order valence-corrected chi connectivity index (χ2v) is 13.7. The number of benzene rings is 1. The van der Waals surface area contributed by atoms with Gasteiger partial charge in [-0.15, -0.1) is 0 Å². The first-order valence-corrected chi connectivity index (χ1v) is 15.1. The quantitative estimate of drug-likeness (QED) is 0.384. The van der Waals surface area contributed by atoms with Crippen molar-refractivity contribution in [3.8, 4) is 5.69 Å². The predicted molar refractivity (Wildman–Crippen MR) is 154 cm³/mol. The maximum absolute atomic E-state index is 13.4. The van der Waals surface area contributed by atoms with Gasteiger partial charge in [-0.3, -0.25) is 14.7 Å². The van der Waals surface area contributed by atoms with E-state index in [9.17, 15) is 13.2 Å². The lowest BCUT2D eigenvalue weighted by atomic mass is 9.91. The largest absolute Gasteiger partial charge is 0.324 e. The van der Waals surface area contributed by atoms with Crippen molar-refractivity contribution in [3.05, 3.63) is 69.9 Å². The first-order valence-electron chi connectivity index (χ1n) is 13.1. The molecule has 4 heterocycles. The van der Waals surface area contributed by atoms with Gasteiger partial charge < -0.3 is 5.32 Å². The van der Waals surface area contributed by atoms with E-state index in [1.54, 1.807) is 17.1 Å². The number of fused-ring (bicyclic) bond motifs is 2. The lowest BCUT2D eigenvalue weighted by Crippen LogP contribution is -2.34. The molecule has 39 heavy (non-hydrogen) atoms. The normalized spacial score (nSPS) is 14.6. The smallest absolute Gasteiger partial charge is 0.278 e. The Morgan fingerprint density at radius 1 is 1.08 bits per heavy atom. The highest BCUT2D eigenvalue weighted by molar-refractivity contribution is 7.90. The van der Waals surface area contributed by atoms with Crippen molar-refractivity contribution in [2.75, 3.05) is 24.0 Å². The summed E-state index contributed by atoms with van der Waals surface area (Å²) < 4.78 is 27.0. The van der Waals surface area contributed by atoms with Crippen molar-refractivity contribution >= 4 is 32.5 Å². The Morgan fingerprint density at radius 3 is 2.54 bits per heavy atom. The molecule has 10 nitrogen and oxygen atoms in total. The standard InChI is InChI=1S/C28H35N7O3S/c1-18(2)34-26(36)23-15-30-27(32-25(23)35(34)22-9-11-29-24(14-22)28(3,4)5)31-21-8-7-20-16-33(17-39(6,37)38)12-10-19(20)13-21/h7-9,11,13-15,18H,10,12,16-17H2,1-6H3,(H,30,31,32). The molecule has 206 valence electrons. The van der Waals surface area contributed by atoms with Crippen LogP contribution in [0.2, 0.25) is 0 Å². The Hall–Kier alpha value is -3.57. The number of rotatable bonds is 6. The predicted octanol–water partition coefficient (Wildman–Crippen LogP) is 3.96. The van der Waals surface area contributed by atoms with Crippen LogP contribution in [0.25, 0.3) is 16.7 Å². The van der Waals surface area contributed by atoms with Crippen LogP contribution >= 0.6 is 0 Å². The Labute approximate surface area is 228 Å². The minimum absolute atomic E-state index is 0.0622. The van der Waals surface area contributed by atoms with E-state index in [1.165, 1.54) is 11.8 Å². The van der Waals surface area contributed by atoms with Crippen LogP contribution in [0.3, 0.4) is 0 Å². The van der Waals surface area contributed by atoms with Crippen LogP contribution in [0.5, 0.6) is 0 Å². The number of sulfone groups is 1. The molecule has 1 aromatic carbocycles. The fourth-order valence-corrected chi connectivity index (χ4v) is 5.88.